The second-order valence-corrected chi connectivity index (χ2v) is 8.60. The molecule has 0 atom stereocenters. The summed E-state index contributed by atoms with van der Waals surface area (Å²) in [6.07, 6.45) is 1.56. The molecule has 0 saturated carbocycles. The van der Waals surface area contributed by atoms with Gasteiger partial charge >= 0.3 is 0 Å². The Morgan fingerprint density at radius 2 is 2.03 bits per heavy atom. The maximum Gasteiger partial charge on any atom is 0.257 e. The number of nitrogens with zero attached hydrogens (tertiary/aromatic N) is 2. The minimum atomic E-state index is -0.427. The van der Waals surface area contributed by atoms with Crippen LogP contribution in [0.4, 0.5) is 0 Å². The van der Waals surface area contributed by atoms with Crippen molar-refractivity contribution in [2.45, 2.75) is 19.6 Å². The van der Waals surface area contributed by atoms with Gasteiger partial charge in [0.15, 0.2) is 0 Å². The van der Waals surface area contributed by atoms with Crippen molar-refractivity contribution in [2.24, 2.45) is 12.8 Å². The standard InChI is InChI=1S/C21H24ClN4O3S.Y/c1-25(7-8-27)12-17-15(9-23)18-20(30-17)19(28)16(11-26(18)2)21(29)24-10-13-3-5-14(22)6-4-13;/h3-6,8,11,27H,7,9-10,12,23H2,1-2H3,(H,24,29);/q-1;. The van der Waals surface area contributed by atoms with Gasteiger partial charge in [0, 0.05) is 81.1 Å². The number of likely N-dealkylation sites (N-methyl/N-ethyl adjacent to an activating group) is 1. The number of fused-ring (bicyclic) bond motifs is 1. The summed E-state index contributed by atoms with van der Waals surface area (Å²) in [5.74, 6) is -0.427. The van der Waals surface area contributed by atoms with Gasteiger partial charge in [-0.15, -0.1) is 17.9 Å². The third kappa shape index (κ3) is 6.02. The number of pyridine rings is 1. The Kier molecular flexibility index (Phi) is 9.82. The molecule has 0 fully saturated rings. The minimum absolute atomic E-state index is 0. The molecule has 7 nitrogen and oxygen atoms in total. The van der Waals surface area contributed by atoms with Crippen LogP contribution in [0.1, 0.15) is 26.4 Å². The second-order valence-electron chi connectivity index (χ2n) is 7.06. The zero-order valence-electron chi connectivity index (χ0n) is 17.4. The van der Waals surface area contributed by atoms with Gasteiger partial charge in [-0.2, -0.15) is 0 Å². The van der Waals surface area contributed by atoms with E-state index in [4.69, 9.17) is 22.4 Å². The fourth-order valence-electron chi connectivity index (χ4n) is 3.30. The average Bonchev–Trinajstić information content (AvgIpc) is 3.09. The number of aliphatic hydroxyl groups is 1. The van der Waals surface area contributed by atoms with Gasteiger partial charge in [-0.25, -0.2) is 6.61 Å². The molecule has 2 aromatic heterocycles. The van der Waals surface area contributed by atoms with Gasteiger partial charge in [0.25, 0.3) is 5.91 Å². The molecule has 1 aromatic carbocycles. The van der Waals surface area contributed by atoms with E-state index in [2.05, 4.69) is 5.32 Å². The number of hydrogen-bond acceptors (Lipinski definition) is 6. The fraction of sp³-hybridized carbons (Fsp3) is 0.286. The molecule has 31 heavy (non-hydrogen) atoms. The molecule has 0 aliphatic heterocycles. The van der Waals surface area contributed by atoms with E-state index >= 15 is 0 Å². The van der Waals surface area contributed by atoms with Crippen LogP contribution in [0, 0.1) is 6.61 Å². The zero-order chi connectivity index (χ0) is 21.8. The Balaban J connectivity index is 0.00000341. The Morgan fingerprint density at radius 1 is 1.35 bits per heavy atom. The molecule has 0 aliphatic rings. The average molecular weight is 537 g/mol. The van der Waals surface area contributed by atoms with Crippen molar-refractivity contribution in [3.8, 4) is 0 Å². The van der Waals surface area contributed by atoms with Crippen molar-refractivity contribution < 1.29 is 42.6 Å². The molecule has 0 saturated heterocycles. The molecule has 0 aliphatic carbocycles. The number of rotatable bonds is 8. The predicted molar refractivity (Wildman–Crippen MR) is 120 cm³/mol. The second kappa shape index (κ2) is 11.7. The Hall–Kier alpha value is -1.13. The van der Waals surface area contributed by atoms with Crippen LogP contribution in [0.2, 0.25) is 5.02 Å². The number of aryl methyl sites for hydroxylation is 1. The third-order valence-electron chi connectivity index (χ3n) is 4.81. The largest absolute Gasteiger partial charge is 0.565 e. The van der Waals surface area contributed by atoms with E-state index in [1.54, 1.807) is 29.9 Å². The molecule has 3 rings (SSSR count). The molecule has 3 aromatic rings. The van der Waals surface area contributed by atoms with Crippen LogP contribution in [0.5, 0.6) is 0 Å². The Morgan fingerprint density at radius 3 is 2.65 bits per heavy atom. The van der Waals surface area contributed by atoms with E-state index < -0.39 is 5.91 Å². The van der Waals surface area contributed by atoms with Crippen LogP contribution >= 0.6 is 22.9 Å². The summed E-state index contributed by atoms with van der Waals surface area (Å²) < 4.78 is 2.29. The minimum Gasteiger partial charge on any atom is -0.565 e. The van der Waals surface area contributed by atoms with Crippen LogP contribution in [0.3, 0.4) is 0 Å². The van der Waals surface area contributed by atoms with E-state index in [1.165, 1.54) is 11.3 Å². The van der Waals surface area contributed by atoms with Gasteiger partial charge < -0.3 is 25.6 Å². The number of aliphatic hydroxyl groups excluding tert-OH is 1. The van der Waals surface area contributed by atoms with E-state index in [1.807, 2.05) is 24.1 Å². The summed E-state index contributed by atoms with van der Waals surface area (Å²) in [5, 5.41) is 12.4. The van der Waals surface area contributed by atoms with Gasteiger partial charge in [-0.1, -0.05) is 23.7 Å². The van der Waals surface area contributed by atoms with Crippen LogP contribution in [-0.2, 0) is 59.4 Å². The molecule has 0 unspecified atom stereocenters. The maximum atomic E-state index is 13.1. The number of carbonyl (C=O) groups excluding carboxylic acids is 1. The third-order valence-corrected chi connectivity index (χ3v) is 6.27. The molecule has 2 heterocycles. The van der Waals surface area contributed by atoms with Gasteiger partial charge in [-0.05, 0) is 24.7 Å². The quantitative estimate of drug-likeness (QED) is 0.384. The molecule has 10 heteroatoms. The van der Waals surface area contributed by atoms with Crippen molar-refractivity contribution in [2.75, 3.05) is 13.6 Å². The molecule has 1 radical (unpaired) electrons. The zero-order valence-corrected chi connectivity index (χ0v) is 21.8. The first-order valence-electron chi connectivity index (χ1n) is 9.36. The number of benzene rings is 1. The Bertz CT molecular complexity index is 1110. The number of halogens is 1. The summed E-state index contributed by atoms with van der Waals surface area (Å²) >= 11 is 7.23. The van der Waals surface area contributed by atoms with Crippen LogP contribution in [0.15, 0.2) is 35.3 Å². The van der Waals surface area contributed by atoms with Gasteiger partial charge in [0.1, 0.15) is 5.56 Å². The smallest absolute Gasteiger partial charge is 0.257 e. The van der Waals surface area contributed by atoms with Crippen LogP contribution < -0.4 is 16.5 Å². The van der Waals surface area contributed by atoms with E-state index in [0.29, 0.717) is 29.4 Å². The number of thiophene rings is 1. The molecule has 0 spiro atoms. The first-order chi connectivity index (χ1) is 14.3. The van der Waals surface area contributed by atoms with Crippen LogP contribution in [-0.4, -0.2) is 34.1 Å². The van der Waals surface area contributed by atoms with E-state index in [-0.39, 0.29) is 50.2 Å². The number of nitrogens with two attached hydrogens (primary N) is 1. The number of carbonyl (C=O) groups is 1. The van der Waals surface area contributed by atoms with Crippen molar-refractivity contribution in [3.63, 3.8) is 0 Å². The summed E-state index contributed by atoms with van der Waals surface area (Å²) in [6, 6.07) is 7.15. The number of nitrogens with one attached hydrogen (secondary N) is 1. The first-order valence-corrected chi connectivity index (χ1v) is 10.6. The fourth-order valence-corrected chi connectivity index (χ4v) is 4.82. The number of hydrogen-bond donors (Lipinski definition) is 3. The van der Waals surface area contributed by atoms with Crippen molar-refractivity contribution >= 4 is 39.1 Å². The number of amides is 1. The summed E-state index contributed by atoms with van der Waals surface area (Å²) in [7, 11) is 3.67. The monoisotopic (exact) mass is 536 g/mol. The van der Waals surface area contributed by atoms with Crippen molar-refractivity contribution in [3.05, 3.63) is 73.9 Å². The molecular formula is C21H24ClN4O3SY-. The van der Waals surface area contributed by atoms with Gasteiger partial charge in [-0.3, -0.25) is 9.59 Å². The van der Waals surface area contributed by atoms with Crippen LogP contribution in [0.25, 0.3) is 10.2 Å². The molecular weight excluding hydrogens is 513 g/mol. The van der Waals surface area contributed by atoms with Gasteiger partial charge in [0.05, 0.1) is 10.2 Å². The Labute approximate surface area is 215 Å². The van der Waals surface area contributed by atoms with Crippen molar-refractivity contribution in [1.29, 1.82) is 0 Å². The first kappa shape index (κ1) is 26.1. The van der Waals surface area contributed by atoms with Gasteiger partial charge in [0.2, 0.25) is 5.43 Å². The summed E-state index contributed by atoms with van der Waals surface area (Å²) in [4.78, 5) is 28.7. The van der Waals surface area contributed by atoms with E-state index in [0.717, 1.165) is 28.1 Å². The molecule has 0 bridgehead atoms. The summed E-state index contributed by atoms with van der Waals surface area (Å²) in [6.45, 7) is 2.59. The molecule has 1 amide bonds. The maximum absolute atomic E-state index is 13.1. The predicted octanol–water partition coefficient (Wildman–Crippen LogP) is 2.61. The molecule has 163 valence electrons. The number of aromatic nitrogens is 1. The van der Waals surface area contributed by atoms with E-state index in [9.17, 15) is 9.59 Å². The normalized spacial score (nSPS) is 11.0. The summed E-state index contributed by atoms with van der Waals surface area (Å²) in [5.41, 5.74) is 8.28. The SMILES string of the molecule is CN(C[CH-]O)Cc1sc2c(=O)c(C(=O)NCc3ccc(Cl)cc3)cn(C)c2c1CN.[Y]. The topological polar surface area (TPSA) is 101 Å². The molecule has 4 N–H and O–H groups in total. The van der Waals surface area contributed by atoms with Crippen molar-refractivity contribution in [1.82, 2.24) is 14.8 Å².